The predicted octanol–water partition coefficient (Wildman–Crippen LogP) is 3.33. The van der Waals surface area contributed by atoms with Gasteiger partial charge in [0.15, 0.2) is 0 Å². The van der Waals surface area contributed by atoms with Crippen molar-refractivity contribution in [2.75, 3.05) is 5.32 Å². The molecule has 1 aliphatic heterocycles. The standard InChI is InChI=1S/C10H12N2.C2H6/c1-10(2)6-5-8-4-3-7-11-9(8)12-10;1-2/h3-7H,1-2H3,(H,11,12);1-2H3. The molecule has 0 fully saturated rings. The van der Waals surface area contributed by atoms with Crippen LogP contribution in [0.2, 0.25) is 0 Å². The van der Waals surface area contributed by atoms with Crippen molar-refractivity contribution >= 4 is 11.9 Å². The van der Waals surface area contributed by atoms with E-state index < -0.39 is 0 Å². The Bertz CT molecular complexity index is 327. The molecule has 2 nitrogen and oxygen atoms in total. The van der Waals surface area contributed by atoms with E-state index in [9.17, 15) is 0 Å². The number of hydrogen-bond donors (Lipinski definition) is 1. The Morgan fingerprint density at radius 2 is 2.00 bits per heavy atom. The van der Waals surface area contributed by atoms with Gasteiger partial charge >= 0.3 is 0 Å². The zero-order valence-electron chi connectivity index (χ0n) is 9.33. The molecule has 1 N–H and O–H groups in total. The second-order valence-electron chi connectivity index (χ2n) is 3.62. The summed E-state index contributed by atoms with van der Waals surface area (Å²) in [6.07, 6.45) is 6.07. The zero-order chi connectivity index (χ0) is 10.6. The van der Waals surface area contributed by atoms with Crippen LogP contribution in [-0.2, 0) is 0 Å². The Hall–Kier alpha value is -1.31. The molecule has 0 radical (unpaired) electrons. The van der Waals surface area contributed by atoms with Crippen LogP contribution < -0.4 is 5.32 Å². The molecule has 1 aliphatic rings. The smallest absolute Gasteiger partial charge is 0.133 e. The Morgan fingerprint density at radius 3 is 2.71 bits per heavy atom. The van der Waals surface area contributed by atoms with Gasteiger partial charge < -0.3 is 5.32 Å². The molecule has 0 aromatic carbocycles. The van der Waals surface area contributed by atoms with Crippen molar-refractivity contribution < 1.29 is 0 Å². The monoisotopic (exact) mass is 190 g/mol. The highest BCUT2D eigenvalue weighted by Gasteiger charge is 2.18. The molecule has 2 heterocycles. The van der Waals surface area contributed by atoms with Crippen LogP contribution in [0.25, 0.3) is 6.08 Å². The summed E-state index contributed by atoms with van der Waals surface area (Å²) in [5.74, 6) is 0.977. The third-order valence-electron chi connectivity index (χ3n) is 1.96. The number of rotatable bonds is 0. The van der Waals surface area contributed by atoms with E-state index in [2.05, 4.69) is 42.4 Å². The summed E-state index contributed by atoms with van der Waals surface area (Å²) in [7, 11) is 0. The number of anilines is 1. The third kappa shape index (κ3) is 2.34. The average molecular weight is 190 g/mol. The molecule has 14 heavy (non-hydrogen) atoms. The van der Waals surface area contributed by atoms with E-state index >= 15 is 0 Å². The second kappa shape index (κ2) is 4.27. The Balaban J connectivity index is 0.000000461. The van der Waals surface area contributed by atoms with Gasteiger partial charge in [0, 0.05) is 11.8 Å². The van der Waals surface area contributed by atoms with Crippen LogP contribution in [0.15, 0.2) is 24.4 Å². The fraction of sp³-hybridized carbons (Fsp3) is 0.417. The van der Waals surface area contributed by atoms with Gasteiger partial charge in [-0.3, -0.25) is 0 Å². The molecule has 2 rings (SSSR count). The van der Waals surface area contributed by atoms with E-state index in [-0.39, 0.29) is 5.54 Å². The molecule has 0 amide bonds. The van der Waals surface area contributed by atoms with Gasteiger partial charge in [0.1, 0.15) is 5.82 Å². The molecule has 0 atom stereocenters. The van der Waals surface area contributed by atoms with Gasteiger partial charge in [-0.1, -0.05) is 26.0 Å². The molecule has 1 aromatic heterocycles. The van der Waals surface area contributed by atoms with Crippen molar-refractivity contribution in [3.8, 4) is 0 Å². The minimum absolute atomic E-state index is 0.0291. The minimum Gasteiger partial charge on any atom is -0.361 e. The third-order valence-corrected chi connectivity index (χ3v) is 1.96. The molecule has 0 saturated carbocycles. The number of nitrogens with zero attached hydrogens (tertiary/aromatic N) is 1. The molecular formula is C12H18N2. The van der Waals surface area contributed by atoms with Gasteiger partial charge in [-0.15, -0.1) is 0 Å². The first-order valence-corrected chi connectivity index (χ1v) is 5.10. The SMILES string of the molecule is CC.CC1(C)C=Cc2cccnc2N1. The minimum atomic E-state index is 0.0291. The Morgan fingerprint density at radius 1 is 1.29 bits per heavy atom. The van der Waals surface area contributed by atoms with E-state index in [1.54, 1.807) is 6.20 Å². The topological polar surface area (TPSA) is 24.9 Å². The fourth-order valence-electron chi connectivity index (χ4n) is 1.30. The summed E-state index contributed by atoms with van der Waals surface area (Å²) < 4.78 is 0. The molecule has 0 bridgehead atoms. The lowest BCUT2D eigenvalue weighted by Gasteiger charge is -2.27. The van der Waals surface area contributed by atoms with Gasteiger partial charge in [-0.05, 0) is 26.0 Å². The highest BCUT2D eigenvalue weighted by Crippen LogP contribution is 2.24. The number of aromatic nitrogens is 1. The first-order chi connectivity index (χ1) is 6.67. The van der Waals surface area contributed by atoms with Crippen molar-refractivity contribution in [3.05, 3.63) is 30.0 Å². The largest absolute Gasteiger partial charge is 0.361 e. The summed E-state index contributed by atoms with van der Waals surface area (Å²) in [4.78, 5) is 4.25. The molecule has 0 aliphatic carbocycles. The fourth-order valence-corrected chi connectivity index (χ4v) is 1.30. The van der Waals surface area contributed by atoms with Crippen LogP contribution in [0.1, 0.15) is 33.3 Å². The van der Waals surface area contributed by atoms with Crippen molar-refractivity contribution in [2.45, 2.75) is 33.2 Å². The lowest BCUT2D eigenvalue weighted by Crippen LogP contribution is -2.30. The van der Waals surface area contributed by atoms with Crippen LogP contribution in [0.4, 0.5) is 5.82 Å². The predicted molar refractivity (Wildman–Crippen MR) is 62.3 cm³/mol. The Kier molecular flexibility index (Phi) is 3.28. The maximum absolute atomic E-state index is 4.25. The highest BCUT2D eigenvalue weighted by molar-refractivity contribution is 5.68. The molecule has 2 heteroatoms. The molecule has 1 aromatic rings. The summed E-state index contributed by atoms with van der Waals surface area (Å²) in [5, 5.41) is 3.34. The highest BCUT2D eigenvalue weighted by atomic mass is 15.0. The van der Waals surface area contributed by atoms with E-state index in [0.29, 0.717) is 0 Å². The van der Waals surface area contributed by atoms with E-state index in [1.807, 2.05) is 19.9 Å². The van der Waals surface area contributed by atoms with Gasteiger partial charge in [-0.2, -0.15) is 0 Å². The van der Waals surface area contributed by atoms with Gasteiger partial charge in [0.2, 0.25) is 0 Å². The average Bonchev–Trinajstić information content (AvgIpc) is 2.19. The van der Waals surface area contributed by atoms with E-state index in [0.717, 1.165) is 11.4 Å². The lowest BCUT2D eigenvalue weighted by molar-refractivity contribution is 0.705. The molecule has 76 valence electrons. The summed E-state index contributed by atoms with van der Waals surface area (Å²) in [5.41, 5.74) is 1.19. The van der Waals surface area contributed by atoms with Crippen LogP contribution in [0.5, 0.6) is 0 Å². The molecule has 0 saturated heterocycles. The van der Waals surface area contributed by atoms with E-state index in [4.69, 9.17) is 0 Å². The number of nitrogens with one attached hydrogen (secondary N) is 1. The quantitative estimate of drug-likeness (QED) is 0.678. The van der Waals surface area contributed by atoms with Crippen molar-refractivity contribution in [1.29, 1.82) is 0 Å². The maximum Gasteiger partial charge on any atom is 0.133 e. The van der Waals surface area contributed by atoms with Crippen molar-refractivity contribution in [2.24, 2.45) is 0 Å². The molecular weight excluding hydrogens is 172 g/mol. The number of fused-ring (bicyclic) bond motifs is 1. The van der Waals surface area contributed by atoms with Gasteiger partial charge in [0.25, 0.3) is 0 Å². The molecule has 0 unspecified atom stereocenters. The zero-order valence-corrected chi connectivity index (χ0v) is 9.33. The van der Waals surface area contributed by atoms with Gasteiger partial charge in [0.05, 0.1) is 5.54 Å². The lowest BCUT2D eigenvalue weighted by atomic mass is 9.99. The summed E-state index contributed by atoms with van der Waals surface area (Å²) >= 11 is 0. The van der Waals surface area contributed by atoms with Crippen LogP contribution in [0.3, 0.4) is 0 Å². The van der Waals surface area contributed by atoms with Crippen LogP contribution in [-0.4, -0.2) is 10.5 Å². The number of hydrogen-bond acceptors (Lipinski definition) is 2. The first-order valence-electron chi connectivity index (χ1n) is 5.10. The van der Waals surface area contributed by atoms with Gasteiger partial charge in [-0.25, -0.2) is 4.98 Å². The first kappa shape index (κ1) is 10.8. The van der Waals surface area contributed by atoms with Crippen LogP contribution >= 0.6 is 0 Å². The Labute approximate surface area is 86.1 Å². The van der Waals surface area contributed by atoms with Crippen molar-refractivity contribution in [3.63, 3.8) is 0 Å². The van der Waals surface area contributed by atoms with Crippen molar-refractivity contribution in [1.82, 2.24) is 4.98 Å². The summed E-state index contributed by atoms with van der Waals surface area (Å²) in [6.45, 7) is 8.25. The number of pyridine rings is 1. The molecule has 0 spiro atoms. The summed E-state index contributed by atoms with van der Waals surface area (Å²) in [6, 6.07) is 4.00. The maximum atomic E-state index is 4.25. The van der Waals surface area contributed by atoms with E-state index in [1.165, 1.54) is 0 Å². The second-order valence-corrected chi connectivity index (χ2v) is 3.62. The van der Waals surface area contributed by atoms with Crippen LogP contribution in [0, 0.1) is 0 Å². The normalized spacial score (nSPS) is 16.0.